The number of benzene rings is 2. The van der Waals surface area contributed by atoms with Crippen molar-refractivity contribution in [1.29, 1.82) is 0 Å². The van der Waals surface area contributed by atoms with E-state index in [4.69, 9.17) is 0 Å². The molecular formula is C21H23FN2O6S2. The number of nitrogens with zero attached hydrogens (tertiary/aromatic N) is 2. The molecule has 0 saturated heterocycles. The van der Waals surface area contributed by atoms with E-state index in [-0.39, 0.29) is 22.1 Å². The minimum atomic E-state index is -4.72. The normalized spacial score (nSPS) is 13.7. The molecule has 0 fully saturated rings. The molecule has 0 unspecified atom stereocenters. The third-order valence-electron chi connectivity index (χ3n) is 5.00. The molecule has 1 heterocycles. The zero-order valence-electron chi connectivity index (χ0n) is 17.7. The first kappa shape index (κ1) is 24.1. The summed E-state index contributed by atoms with van der Waals surface area (Å²) in [5, 5.41) is 1.12. The molecule has 0 spiro atoms. The van der Waals surface area contributed by atoms with E-state index in [2.05, 4.69) is 11.2 Å². The Labute approximate surface area is 189 Å². The van der Waals surface area contributed by atoms with Gasteiger partial charge in [0.15, 0.2) is 0 Å². The standard InChI is InChI=1S/C21H23FN2O6S2/c1-3-4-10-23(14(2)25)11-12-31-18-9-8-17-19-15(18)6-5-7-16(19)20(26)24(21(17)27)30-32(28,29)13-22/h5-9H,3-4,10-13H2,1-2H3. The zero-order chi connectivity index (χ0) is 23.5. The highest BCUT2D eigenvalue weighted by molar-refractivity contribution is 7.99. The molecule has 0 atom stereocenters. The third-order valence-corrected chi connectivity index (χ3v) is 6.69. The molecule has 32 heavy (non-hydrogen) atoms. The maximum Gasteiger partial charge on any atom is 0.318 e. The summed E-state index contributed by atoms with van der Waals surface area (Å²) in [6.07, 6.45) is 1.91. The predicted octanol–water partition coefficient (Wildman–Crippen LogP) is 3.36. The number of rotatable bonds is 10. The Balaban J connectivity index is 1.88. The molecule has 3 rings (SSSR count). The summed E-state index contributed by atoms with van der Waals surface area (Å²) in [6, 6.07) is 6.15. The molecule has 8 nitrogen and oxygen atoms in total. The molecule has 0 aliphatic carbocycles. The quantitative estimate of drug-likeness (QED) is 0.378. The van der Waals surface area contributed by atoms with Crippen LogP contribution in [0.5, 0.6) is 0 Å². The van der Waals surface area contributed by atoms with Crippen molar-refractivity contribution < 1.29 is 31.5 Å². The molecule has 0 bridgehead atoms. The van der Waals surface area contributed by atoms with Crippen molar-refractivity contribution in [1.82, 2.24) is 9.96 Å². The smallest absolute Gasteiger partial charge is 0.318 e. The van der Waals surface area contributed by atoms with E-state index in [1.807, 2.05) is 0 Å². The van der Waals surface area contributed by atoms with Crippen LogP contribution in [0, 0.1) is 0 Å². The maximum atomic E-state index is 12.7. The second-order valence-corrected chi connectivity index (χ2v) is 9.81. The number of unbranched alkanes of at least 4 members (excludes halogenated alkanes) is 1. The van der Waals surface area contributed by atoms with Crippen molar-refractivity contribution in [3.05, 3.63) is 41.5 Å². The lowest BCUT2D eigenvalue weighted by Gasteiger charge is -2.25. The summed E-state index contributed by atoms with van der Waals surface area (Å²) in [5.74, 6) is -1.33. The summed E-state index contributed by atoms with van der Waals surface area (Å²) in [4.78, 5) is 39.9. The van der Waals surface area contributed by atoms with Gasteiger partial charge >= 0.3 is 10.1 Å². The van der Waals surface area contributed by atoms with Crippen LogP contribution in [-0.4, -0.2) is 61.0 Å². The molecule has 0 radical (unpaired) electrons. The number of thioether (sulfide) groups is 1. The third kappa shape index (κ3) is 4.94. The van der Waals surface area contributed by atoms with Gasteiger partial charge in [-0.1, -0.05) is 25.5 Å². The van der Waals surface area contributed by atoms with Crippen LogP contribution in [0.15, 0.2) is 35.2 Å². The van der Waals surface area contributed by atoms with Crippen LogP contribution in [-0.2, 0) is 19.2 Å². The Bertz CT molecular complexity index is 1150. The van der Waals surface area contributed by atoms with Gasteiger partial charge in [0.1, 0.15) is 0 Å². The average molecular weight is 483 g/mol. The molecule has 172 valence electrons. The first-order valence-corrected chi connectivity index (χ1v) is 12.6. The molecule has 2 aromatic rings. The zero-order valence-corrected chi connectivity index (χ0v) is 19.3. The van der Waals surface area contributed by atoms with Crippen molar-refractivity contribution in [2.24, 2.45) is 0 Å². The molecule has 0 aromatic heterocycles. The fourth-order valence-electron chi connectivity index (χ4n) is 3.42. The molecule has 1 aliphatic heterocycles. The lowest BCUT2D eigenvalue weighted by molar-refractivity contribution is -0.128. The lowest BCUT2D eigenvalue weighted by atomic mass is 9.95. The van der Waals surface area contributed by atoms with E-state index in [0.29, 0.717) is 29.6 Å². The van der Waals surface area contributed by atoms with E-state index in [0.717, 1.165) is 17.7 Å². The monoisotopic (exact) mass is 482 g/mol. The highest BCUT2D eigenvalue weighted by Crippen LogP contribution is 2.36. The van der Waals surface area contributed by atoms with Crippen LogP contribution < -0.4 is 0 Å². The molecule has 0 saturated carbocycles. The highest BCUT2D eigenvalue weighted by atomic mass is 32.2. The Morgan fingerprint density at radius 1 is 1.12 bits per heavy atom. The van der Waals surface area contributed by atoms with Crippen molar-refractivity contribution in [3.63, 3.8) is 0 Å². The summed E-state index contributed by atoms with van der Waals surface area (Å²) >= 11 is 1.49. The second kappa shape index (κ2) is 9.97. The van der Waals surface area contributed by atoms with Crippen LogP contribution in [0.1, 0.15) is 47.4 Å². The SMILES string of the molecule is CCCCN(CCSc1ccc2c3c(cccc13)C(=O)N(OS(=O)(=O)CF)C2=O)C(C)=O. The van der Waals surface area contributed by atoms with Crippen LogP contribution in [0.25, 0.3) is 10.8 Å². The first-order chi connectivity index (χ1) is 15.2. The fraction of sp³-hybridized carbons (Fsp3) is 0.381. The van der Waals surface area contributed by atoms with Gasteiger partial charge in [0.05, 0.1) is 11.1 Å². The number of hydrogen-bond donors (Lipinski definition) is 0. The van der Waals surface area contributed by atoms with Gasteiger partial charge in [0.25, 0.3) is 11.8 Å². The number of hydroxylamine groups is 2. The van der Waals surface area contributed by atoms with Gasteiger partial charge in [0.2, 0.25) is 11.9 Å². The van der Waals surface area contributed by atoms with E-state index in [1.54, 1.807) is 23.1 Å². The van der Waals surface area contributed by atoms with Crippen molar-refractivity contribution in [2.75, 3.05) is 24.8 Å². The Morgan fingerprint density at radius 2 is 1.81 bits per heavy atom. The van der Waals surface area contributed by atoms with Gasteiger partial charge in [-0.05, 0) is 30.0 Å². The highest BCUT2D eigenvalue weighted by Gasteiger charge is 2.37. The minimum Gasteiger partial charge on any atom is -0.342 e. The number of carbonyl (C=O) groups is 3. The van der Waals surface area contributed by atoms with Gasteiger partial charge in [-0.25, -0.2) is 4.39 Å². The summed E-state index contributed by atoms with van der Waals surface area (Å²) in [6.45, 7) is 4.85. The van der Waals surface area contributed by atoms with E-state index < -0.39 is 27.9 Å². The Morgan fingerprint density at radius 3 is 2.44 bits per heavy atom. The predicted molar refractivity (Wildman–Crippen MR) is 118 cm³/mol. The molecule has 2 aromatic carbocycles. The van der Waals surface area contributed by atoms with E-state index in [1.165, 1.54) is 30.8 Å². The number of halogens is 1. The lowest BCUT2D eigenvalue weighted by Crippen LogP contribution is -2.42. The Kier molecular flexibility index (Phi) is 7.52. The van der Waals surface area contributed by atoms with E-state index >= 15 is 0 Å². The van der Waals surface area contributed by atoms with E-state index in [9.17, 15) is 27.2 Å². The second-order valence-electron chi connectivity index (χ2n) is 7.19. The molecule has 3 amide bonds. The molecular weight excluding hydrogens is 459 g/mol. The van der Waals surface area contributed by atoms with Crippen LogP contribution in [0.4, 0.5) is 4.39 Å². The van der Waals surface area contributed by atoms with Crippen LogP contribution in [0.3, 0.4) is 0 Å². The largest absolute Gasteiger partial charge is 0.342 e. The Hall–Kier alpha value is -2.50. The van der Waals surface area contributed by atoms with Gasteiger partial charge in [-0.15, -0.1) is 21.1 Å². The fourth-order valence-corrected chi connectivity index (χ4v) is 4.84. The number of alkyl halides is 1. The maximum absolute atomic E-state index is 12.7. The topological polar surface area (TPSA) is 101 Å². The van der Waals surface area contributed by atoms with Crippen molar-refractivity contribution in [3.8, 4) is 0 Å². The minimum absolute atomic E-state index is 0.00969. The van der Waals surface area contributed by atoms with Gasteiger partial charge in [0, 0.05) is 36.0 Å². The van der Waals surface area contributed by atoms with Gasteiger partial charge < -0.3 is 4.90 Å². The molecule has 0 N–H and O–H groups in total. The molecule has 1 aliphatic rings. The summed E-state index contributed by atoms with van der Waals surface area (Å²) in [5.41, 5.74) is 0.170. The first-order valence-electron chi connectivity index (χ1n) is 10.0. The summed E-state index contributed by atoms with van der Waals surface area (Å²) < 4.78 is 40.0. The van der Waals surface area contributed by atoms with Gasteiger partial charge in [-0.3, -0.25) is 14.4 Å². The number of amides is 3. The van der Waals surface area contributed by atoms with Crippen molar-refractivity contribution >= 4 is 50.4 Å². The number of carbonyl (C=O) groups excluding carboxylic acids is 3. The average Bonchev–Trinajstić information content (AvgIpc) is 2.77. The summed E-state index contributed by atoms with van der Waals surface area (Å²) in [7, 11) is -4.72. The number of imide groups is 1. The van der Waals surface area contributed by atoms with Crippen molar-refractivity contribution in [2.45, 2.75) is 31.6 Å². The molecule has 11 heteroatoms. The van der Waals surface area contributed by atoms with Crippen LogP contribution in [0.2, 0.25) is 0 Å². The number of hydrogen-bond acceptors (Lipinski definition) is 7. The van der Waals surface area contributed by atoms with Crippen LogP contribution >= 0.6 is 11.8 Å². The van der Waals surface area contributed by atoms with Gasteiger partial charge in [-0.2, -0.15) is 8.42 Å².